The molecule has 41 heavy (non-hydrogen) atoms. The van der Waals surface area contributed by atoms with Gasteiger partial charge in [0.1, 0.15) is 6.54 Å². The number of quaternary nitrogens is 1. The van der Waals surface area contributed by atoms with Gasteiger partial charge in [0.25, 0.3) is 0 Å². The Labute approximate surface area is 257 Å². The van der Waals surface area contributed by atoms with Gasteiger partial charge in [-0.25, -0.2) is 0 Å². The summed E-state index contributed by atoms with van der Waals surface area (Å²) in [7, 11) is 5.84. The average Bonchev–Trinajstić information content (AvgIpc) is 2.92. The molecule has 0 rings (SSSR count). The number of unbranched alkanes of at least 4 members (excludes halogenated alkanes) is 24. The zero-order valence-electron chi connectivity index (χ0n) is 28.7. The van der Waals surface area contributed by atoms with E-state index in [1.165, 1.54) is 128 Å². The van der Waals surface area contributed by atoms with Crippen molar-refractivity contribution in [3.63, 3.8) is 0 Å². The first-order valence-corrected chi connectivity index (χ1v) is 18.3. The van der Waals surface area contributed by atoms with Crippen LogP contribution in [0.15, 0.2) is 0 Å². The first kappa shape index (κ1) is 40.3. The van der Waals surface area contributed by atoms with Gasteiger partial charge in [0.15, 0.2) is 11.6 Å². The first-order valence-electron chi connectivity index (χ1n) is 18.3. The summed E-state index contributed by atoms with van der Waals surface area (Å²) in [6.45, 7) is 4.70. The molecule has 0 aromatic heterocycles. The molecule has 0 atom stereocenters. The molecule has 0 spiro atoms. The Balaban J connectivity index is 4.10. The molecule has 0 aromatic rings. The van der Waals surface area contributed by atoms with E-state index in [4.69, 9.17) is 0 Å². The van der Waals surface area contributed by atoms with Crippen LogP contribution in [-0.4, -0.2) is 54.4 Å². The van der Waals surface area contributed by atoms with E-state index in [1.54, 1.807) is 0 Å². The Morgan fingerprint density at radius 1 is 0.439 bits per heavy atom. The van der Waals surface area contributed by atoms with E-state index in [-0.39, 0.29) is 18.1 Å². The van der Waals surface area contributed by atoms with Crippen molar-refractivity contribution < 1.29 is 19.2 Å². The maximum Gasteiger partial charge on any atom is 0.230 e. The Morgan fingerprint density at radius 3 is 0.878 bits per heavy atom. The molecule has 4 nitrogen and oxygen atoms in total. The Kier molecular flexibility index (Phi) is 26.4. The summed E-state index contributed by atoms with van der Waals surface area (Å²) in [6.07, 6.45) is 33.3. The van der Waals surface area contributed by atoms with E-state index >= 15 is 0 Å². The zero-order valence-corrected chi connectivity index (χ0v) is 28.7. The largest absolute Gasteiger partial charge is 0.370 e. The van der Waals surface area contributed by atoms with Crippen molar-refractivity contribution >= 4 is 11.6 Å². The van der Waals surface area contributed by atoms with Gasteiger partial charge in [-0.3, -0.25) is 9.59 Å². The molecule has 0 bridgehead atoms. The molecule has 0 aliphatic rings. The molecule has 0 aromatic carbocycles. The van der Waals surface area contributed by atoms with Gasteiger partial charge >= 0.3 is 0 Å². The van der Waals surface area contributed by atoms with Gasteiger partial charge in [-0.2, -0.15) is 0 Å². The quantitative estimate of drug-likeness (QED) is 0.0489. The average molecular weight is 581 g/mol. The fraction of sp³-hybridized carbons (Fsp3) is 0.946. The molecule has 1 N–H and O–H groups in total. The minimum absolute atomic E-state index is 0.168. The summed E-state index contributed by atoms with van der Waals surface area (Å²) in [6, 6.07) is 0. The third kappa shape index (κ3) is 24.4. The second-order valence-corrected chi connectivity index (χ2v) is 14.1. The number of Topliss-reactive ketones (excluding diaryl/α,β-unsaturated/α-hetero) is 2. The molecule has 0 amide bonds. The highest BCUT2D eigenvalue weighted by Crippen LogP contribution is 2.21. The van der Waals surface area contributed by atoms with Gasteiger partial charge in [0.05, 0.1) is 21.1 Å². The monoisotopic (exact) mass is 581 g/mol. The Morgan fingerprint density at radius 2 is 0.659 bits per heavy atom. The molecule has 4 heteroatoms. The molecule has 0 aliphatic heterocycles. The van der Waals surface area contributed by atoms with E-state index in [2.05, 4.69) is 13.8 Å². The molecule has 0 aliphatic carbocycles. The summed E-state index contributed by atoms with van der Waals surface area (Å²) in [4.78, 5) is 26.3. The molecule has 244 valence electrons. The highest BCUT2D eigenvalue weighted by molar-refractivity contribution is 6.10. The molecule has 0 heterocycles. The predicted octanol–water partition coefficient (Wildman–Crippen LogP) is 10.5. The van der Waals surface area contributed by atoms with Crippen molar-refractivity contribution in [3.05, 3.63) is 0 Å². The summed E-state index contributed by atoms with van der Waals surface area (Å²) < 4.78 is 0.408. The molecule has 0 saturated carbocycles. The van der Waals surface area contributed by atoms with Crippen LogP contribution in [0.3, 0.4) is 0 Å². The van der Waals surface area contributed by atoms with Crippen LogP contribution in [0.1, 0.15) is 194 Å². The lowest BCUT2D eigenvalue weighted by Crippen LogP contribution is -2.58. The zero-order chi connectivity index (χ0) is 30.7. The summed E-state index contributed by atoms with van der Waals surface area (Å²) in [5.74, 6) is -0.512. The number of rotatable bonds is 32. The smallest absolute Gasteiger partial charge is 0.230 e. The summed E-state index contributed by atoms with van der Waals surface area (Å²) in [5.41, 5.74) is -1.83. The number of ketones is 2. The summed E-state index contributed by atoms with van der Waals surface area (Å²) in [5, 5.41) is 11.4. The van der Waals surface area contributed by atoms with Crippen LogP contribution < -0.4 is 0 Å². The number of likely N-dealkylation sites (N-methyl/N-ethyl adjacent to an activating group) is 1. The van der Waals surface area contributed by atoms with Gasteiger partial charge in [0.2, 0.25) is 5.60 Å². The molecule has 0 radical (unpaired) electrons. The fourth-order valence-corrected chi connectivity index (χ4v) is 6.04. The number of aliphatic hydroxyl groups is 1. The minimum atomic E-state index is -1.83. The number of hydrogen-bond acceptors (Lipinski definition) is 3. The highest BCUT2D eigenvalue weighted by atomic mass is 16.3. The lowest BCUT2D eigenvalue weighted by molar-refractivity contribution is -0.874. The number of carbonyl (C=O) groups excluding carboxylic acids is 2. The number of hydrogen-bond donors (Lipinski definition) is 1. The minimum Gasteiger partial charge on any atom is -0.370 e. The predicted molar refractivity (Wildman–Crippen MR) is 178 cm³/mol. The number of carbonyl (C=O) groups is 2. The van der Waals surface area contributed by atoms with Gasteiger partial charge < -0.3 is 9.59 Å². The second kappa shape index (κ2) is 26.9. The van der Waals surface area contributed by atoms with Gasteiger partial charge in [-0.1, -0.05) is 168 Å². The molecular formula is C37H74NO3+. The molecule has 0 unspecified atom stereocenters. The van der Waals surface area contributed by atoms with Gasteiger partial charge in [-0.05, 0) is 12.8 Å². The lowest BCUT2D eigenvalue weighted by Gasteiger charge is -2.33. The topological polar surface area (TPSA) is 54.4 Å². The van der Waals surface area contributed by atoms with Crippen molar-refractivity contribution in [3.8, 4) is 0 Å². The fourth-order valence-electron chi connectivity index (χ4n) is 6.04. The van der Waals surface area contributed by atoms with Crippen molar-refractivity contribution in [2.24, 2.45) is 0 Å². The first-order chi connectivity index (χ1) is 19.7. The van der Waals surface area contributed by atoms with E-state index in [1.807, 2.05) is 21.1 Å². The Bertz CT molecular complexity index is 568. The maximum absolute atomic E-state index is 13.1. The van der Waals surface area contributed by atoms with Crippen LogP contribution in [-0.2, 0) is 9.59 Å². The van der Waals surface area contributed by atoms with E-state index in [0.717, 1.165) is 38.5 Å². The third-order valence-electron chi connectivity index (χ3n) is 8.64. The van der Waals surface area contributed by atoms with E-state index in [9.17, 15) is 14.7 Å². The summed E-state index contributed by atoms with van der Waals surface area (Å²) >= 11 is 0. The standard InChI is InChI=1S/C37H74NO3/c1-6-8-10-12-14-16-18-20-22-24-26-28-30-32-35(39)37(41,34-38(3,4)5)36(40)33-31-29-27-25-23-21-19-17-15-13-11-9-7-2/h41H,6-34H2,1-5H3/q+1. The SMILES string of the molecule is CCCCCCCCCCCCCCCC(=O)C(O)(C[N+](C)(C)C)C(=O)CCCCCCCCCCCCCCC. The van der Waals surface area contributed by atoms with Crippen molar-refractivity contribution in [2.75, 3.05) is 27.7 Å². The van der Waals surface area contributed by atoms with Crippen LogP contribution >= 0.6 is 0 Å². The third-order valence-corrected chi connectivity index (χ3v) is 8.64. The lowest BCUT2D eigenvalue weighted by atomic mass is 9.86. The van der Waals surface area contributed by atoms with Crippen LogP contribution in [0.2, 0.25) is 0 Å². The molecular weight excluding hydrogens is 506 g/mol. The second-order valence-electron chi connectivity index (χ2n) is 14.1. The maximum atomic E-state index is 13.1. The highest BCUT2D eigenvalue weighted by Gasteiger charge is 2.46. The van der Waals surface area contributed by atoms with Crippen molar-refractivity contribution in [1.29, 1.82) is 0 Å². The van der Waals surface area contributed by atoms with E-state index in [0.29, 0.717) is 17.3 Å². The van der Waals surface area contributed by atoms with Crippen LogP contribution in [0.25, 0.3) is 0 Å². The van der Waals surface area contributed by atoms with Crippen molar-refractivity contribution in [2.45, 2.75) is 199 Å². The van der Waals surface area contributed by atoms with E-state index < -0.39 is 5.60 Å². The molecule has 0 fully saturated rings. The van der Waals surface area contributed by atoms with Crippen LogP contribution in [0.5, 0.6) is 0 Å². The van der Waals surface area contributed by atoms with Crippen molar-refractivity contribution in [1.82, 2.24) is 0 Å². The number of nitrogens with zero attached hydrogens (tertiary/aromatic N) is 1. The normalized spacial score (nSPS) is 12.2. The van der Waals surface area contributed by atoms with Gasteiger partial charge in [0, 0.05) is 12.8 Å². The van der Waals surface area contributed by atoms with Gasteiger partial charge in [-0.15, -0.1) is 0 Å². The molecule has 0 saturated heterocycles. The Hall–Kier alpha value is -0.740. The van der Waals surface area contributed by atoms with Crippen LogP contribution in [0, 0.1) is 0 Å². The van der Waals surface area contributed by atoms with Crippen LogP contribution in [0.4, 0.5) is 0 Å².